The van der Waals surface area contributed by atoms with E-state index >= 15 is 0 Å². The molecule has 0 aliphatic rings. The Morgan fingerprint density at radius 1 is 0.465 bits per heavy atom. The van der Waals surface area contributed by atoms with E-state index in [0.29, 0.717) is 19.4 Å². The van der Waals surface area contributed by atoms with E-state index < -0.39 is 92.1 Å². The van der Waals surface area contributed by atoms with Gasteiger partial charge in [-0.3, -0.25) is 52.7 Å². The molecular weight excluding hydrogens is 931 g/mol. The van der Waals surface area contributed by atoms with Crippen molar-refractivity contribution in [3.8, 4) is 0 Å². The van der Waals surface area contributed by atoms with Gasteiger partial charge in [-0.1, -0.05) is 41.5 Å². The summed E-state index contributed by atoms with van der Waals surface area (Å²) in [5.74, 6) is -6.45. The summed E-state index contributed by atoms with van der Waals surface area (Å²) < 4.78 is 0. The van der Waals surface area contributed by atoms with E-state index in [2.05, 4.69) is 32.3 Å². The van der Waals surface area contributed by atoms with Gasteiger partial charge in [0.25, 0.3) is 0 Å². The second-order valence-electron chi connectivity index (χ2n) is 18.2. The number of primary amides is 1. The molecule has 0 fully saturated rings. The Morgan fingerprint density at radius 2 is 0.761 bits per heavy atom. The number of carbonyl (C=O) groups is 11. The van der Waals surface area contributed by atoms with Crippen molar-refractivity contribution >= 4 is 65.0 Å². The predicted molar refractivity (Wildman–Crippen MR) is 259 cm³/mol. The summed E-state index contributed by atoms with van der Waals surface area (Å²) in [5.41, 5.74) is 14.8. The van der Waals surface area contributed by atoms with Gasteiger partial charge in [0.1, 0.15) is 19.3 Å². The molecule has 11 amide bonds. The van der Waals surface area contributed by atoms with Crippen molar-refractivity contribution in [1.82, 2.24) is 51.1 Å². The van der Waals surface area contributed by atoms with Crippen LogP contribution in [0.15, 0.2) is 0 Å². The lowest BCUT2D eigenvalue weighted by atomic mass is 10.1. The molecule has 14 N–H and O–H groups in total. The van der Waals surface area contributed by atoms with Crippen LogP contribution >= 0.6 is 0 Å². The van der Waals surface area contributed by atoms with Crippen molar-refractivity contribution in [3.63, 3.8) is 0 Å². The molecule has 0 rings (SSSR count). The van der Waals surface area contributed by atoms with E-state index in [1.165, 1.54) is 14.7 Å². The largest absolute Gasteiger partial charge is 0.387 e. The maximum absolute atomic E-state index is 13.1. The maximum atomic E-state index is 13.1. The maximum Gasteiger partial charge on any atom is 0.248 e. The van der Waals surface area contributed by atoms with Gasteiger partial charge in [-0.05, 0) is 37.0 Å². The molecule has 26 heteroatoms. The molecule has 71 heavy (non-hydrogen) atoms. The Balaban J connectivity index is 5.42. The summed E-state index contributed by atoms with van der Waals surface area (Å²) in [6.45, 7) is 6.99. The fourth-order valence-electron chi connectivity index (χ4n) is 6.71. The molecule has 0 aliphatic carbocycles. The number of aliphatic hydroxyl groups is 2. The van der Waals surface area contributed by atoms with Crippen molar-refractivity contribution in [2.45, 2.75) is 86.1 Å². The number of carbonyl (C=O) groups excluding carboxylic acids is 11. The Labute approximate surface area is 417 Å². The van der Waals surface area contributed by atoms with Crippen LogP contribution in [0.5, 0.6) is 0 Å². The van der Waals surface area contributed by atoms with Gasteiger partial charge >= 0.3 is 0 Å². The number of nitrogens with zero attached hydrogens (tertiary/aromatic N) is 5. The molecular formula is C45H84N13O13+. The minimum Gasteiger partial charge on any atom is -0.387 e. The van der Waals surface area contributed by atoms with Crippen molar-refractivity contribution in [2.24, 2.45) is 29.2 Å². The third kappa shape index (κ3) is 30.4. The van der Waals surface area contributed by atoms with Crippen LogP contribution in [0.1, 0.15) is 80.1 Å². The highest BCUT2D eigenvalue weighted by Gasteiger charge is 2.25. The summed E-state index contributed by atoms with van der Waals surface area (Å²) in [6.07, 6.45) is 2.01. The van der Waals surface area contributed by atoms with Crippen LogP contribution < -0.4 is 43.8 Å². The second-order valence-corrected chi connectivity index (χ2v) is 18.2. The van der Waals surface area contributed by atoms with Crippen molar-refractivity contribution < 1.29 is 68.7 Å². The van der Waals surface area contributed by atoms with Crippen molar-refractivity contribution in [3.05, 3.63) is 0 Å². The van der Waals surface area contributed by atoms with Crippen LogP contribution in [-0.2, 0) is 52.7 Å². The van der Waals surface area contributed by atoms with Crippen LogP contribution in [0.4, 0.5) is 0 Å². The number of amides is 11. The van der Waals surface area contributed by atoms with Crippen LogP contribution in [0.3, 0.4) is 0 Å². The third-order valence-electron chi connectivity index (χ3n) is 10.3. The number of nitrogens with two attached hydrogens (primary N) is 2. The summed E-state index contributed by atoms with van der Waals surface area (Å²) in [5, 5.41) is 32.0. The molecule has 0 saturated carbocycles. The number of nitrogens with one attached hydrogen (secondary N) is 5. The van der Waals surface area contributed by atoms with E-state index in [-0.39, 0.29) is 134 Å². The molecule has 0 radical (unpaired) electrons. The van der Waals surface area contributed by atoms with Gasteiger partial charge in [0.15, 0.2) is 0 Å². The third-order valence-corrected chi connectivity index (χ3v) is 10.3. The first-order chi connectivity index (χ1) is 33.5. The summed E-state index contributed by atoms with van der Waals surface area (Å²) in [6, 6.07) is -0.972. The number of hydrogen-bond donors (Lipinski definition) is 10. The second kappa shape index (κ2) is 36.9. The zero-order valence-electron chi connectivity index (χ0n) is 42.8. The van der Waals surface area contributed by atoms with Crippen LogP contribution in [0.25, 0.3) is 0 Å². The standard InChI is InChI=1S/C45H83N13O13/c1-31(2)21-40(66)54(16-11-47)24-35(61)49-12-17-55(41(67)22-32(3)4)25-36(62)51-14-19-57(43(69)29-59)27-38(64)50-13-18-56(42(68)23-33(5)6)26-37(63)52-15-20-58(44(70)30-60)28-39(65)53-34(45(48)71)9-7-8-10-46/h31-34,59-60H,7-30,46-47H2,1-6H3,(H2,48,71)(H,49,61)(H,50,64)(H,51,62)(H,52,63)(H,53,65)/p+1. The molecule has 0 aromatic rings. The first kappa shape index (κ1) is 65.0. The van der Waals surface area contributed by atoms with Gasteiger partial charge in [-0.2, -0.15) is 0 Å². The lowest BCUT2D eigenvalue weighted by molar-refractivity contribution is -0.368. The van der Waals surface area contributed by atoms with Crippen molar-refractivity contribution in [2.75, 3.05) is 118 Å². The first-order valence-corrected chi connectivity index (χ1v) is 24.2. The zero-order chi connectivity index (χ0) is 54.1. The van der Waals surface area contributed by atoms with Crippen molar-refractivity contribution in [1.29, 1.82) is 0 Å². The molecule has 1 atom stereocenters. The molecule has 1 unspecified atom stereocenters. The van der Waals surface area contributed by atoms with Gasteiger partial charge in [-0.25, -0.2) is 0 Å². The number of rotatable bonds is 38. The quantitative estimate of drug-likeness (QED) is 0.0258. The number of unbranched alkanes of at least 4 members (excludes halogenated alkanes) is 1. The van der Waals surface area contributed by atoms with Gasteiger partial charge in [0.05, 0.1) is 39.3 Å². The first-order valence-electron chi connectivity index (χ1n) is 24.2. The molecule has 0 heterocycles. The highest BCUT2D eigenvalue weighted by molar-refractivity contribution is 5.90. The van der Waals surface area contributed by atoms with Crippen LogP contribution in [0, 0.1) is 17.8 Å². The Kier molecular flexibility index (Phi) is 33.8. The minimum absolute atomic E-state index is 0.00669. The average molecular weight is 1020 g/mol. The van der Waals surface area contributed by atoms with Gasteiger partial charge in [-0.15, -0.1) is 0 Å². The molecule has 0 aliphatic heterocycles. The van der Waals surface area contributed by atoms with E-state index in [9.17, 15) is 63.0 Å². The van der Waals surface area contributed by atoms with E-state index in [4.69, 9.17) is 11.5 Å². The molecule has 0 bridgehead atoms. The van der Waals surface area contributed by atoms with E-state index in [1.54, 1.807) is 13.8 Å². The van der Waals surface area contributed by atoms with Gasteiger partial charge in [0, 0.05) is 84.7 Å². The number of hydrogen-bond acceptors (Lipinski definition) is 14. The Hall–Kier alpha value is -5.99. The Morgan fingerprint density at radius 3 is 1.03 bits per heavy atom. The molecule has 0 saturated heterocycles. The normalized spacial score (nSPS) is 11.3. The minimum atomic E-state index is -0.972. The average Bonchev–Trinajstić information content (AvgIpc) is 3.28. The zero-order valence-corrected chi connectivity index (χ0v) is 42.8. The predicted octanol–water partition coefficient (Wildman–Crippen LogP) is -5.94. The topological polar surface area (TPSA) is 384 Å². The smallest absolute Gasteiger partial charge is 0.248 e. The SMILES string of the molecule is CC(C)CC(=O)N(CCN)CC(=O)NCCN(CC(=O)NCCN(CC(=O)NCCN(CC(=O)NCCN(CC(=O)NC(CCCC[NH3+])C(N)=O)C(=O)CO)C(=O)CC(C)C)C(=O)CO)C(=O)CC(C)C. The monoisotopic (exact) mass is 1010 g/mol. The highest BCUT2D eigenvalue weighted by Crippen LogP contribution is 2.07. The number of quaternary nitrogens is 1. The van der Waals surface area contributed by atoms with Crippen LogP contribution in [-0.4, -0.2) is 224 Å². The molecule has 406 valence electrons. The summed E-state index contributed by atoms with van der Waals surface area (Å²) >= 11 is 0. The van der Waals surface area contributed by atoms with E-state index in [0.717, 1.165) is 9.80 Å². The number of aliphatic hydroxyl groups excluding tert-OH is 2. The Bertz CT molecular complexity index is 1730. The van der Waals surface area contributed by atoms with E-state index in [1.807, 2.05) is 27.7 Å². The van der Waals surface area contributed by atoms with Crippen LogP contribution in [0.2, 0.25) is 0 Å². The molecule has 26 nitrogen and oxygen atoms in total. The molecule has 0 aromatic heterocycles. The van der Waals surface area contributed by atoms with Gasteiger partial charge < -0.3 is 78.5 Å². The summed E-state index contributed by atoms with van der Waals surface area (Å²) in [4.78, 5) is 146. The lowest BCUT2D eigenvalue weighted by Gasteiger charge is -2.26. The molecule has 0 spiro atoms. The molecule has 0 aromatic carbocycles. The fraction of sp³-hybridized carbons (Fsp3) is 0.756. The lowest BCUT2D eigenvalue weighted by Crippen LogP contribution is -2.51. The summed E-state index contributed by atoms with van der Waals surface area (Å²) in [7, 11) is 0. The highest BCUT2D eigenvalue weighted by atomic mass is 16.3. The fourth-order valence-corrected chi connectivity index (χ4v) is 6.71. The van der Waals surface area contributed by atoms with Gasteiger partial charge in [0.2, 0.25) is 65.0 Å².